The molecule has 3 aromatic rings. The highest BCUT2D eigenvalue weighted by atomic mass is 32.2. The van der Waals surface area contributed by atoms with Gasteiger partial charge in [0.25, 0.3) is 15.9 Å². The number of sulfonamides is 1. The second-order valence-electron chi connectivity index (χ2n) is 16.5. The maximum absolute atomic E-state index is 14.2. The number of rotatable bonds is 31. The fraction of sp³-hybridized carbons (Fsp3) is 0.551. The normalized spacial score (nSPS) is 14.3. The van der Waals surface area contributed by atoms with Crippen LogP contribution in [0.15, 0.2) is 83.8 Å². The molecule has 372 valence electrons. The summed E-state index contributed by atoms with van der Waals surface area (Å²) in [5, 5.41) is 12.2. The fourth-order valence-corrected chi connectivity index (χ4v) is 9.30. The van der Waals surface area contributed by atoms with E-state index in [-0.39, 0.29) is 49.6 Å². The molecule has 0 bridgehead atoms. The number of nitrogens with zero attached hydrogens (tertiary/aromatic N) is 5. The first-order valence-corrected chi connectivity index (χ1v) is 25.1. The molecule has 3 N–H and O–H groups in total. The largest absolute Gasteiger partial charge is 0.497 e. The third-order valence-corrected chi connectivity index (χ3v) is 13.3. The van der Waals surface area contributed by atoms with Crippen molar-refractivity contribution < 1.29 is 47.1 Å². The number of hydrogen-bond donors (Lipinski definition) is 3. The first-order chi connectivity index (χ1) is 32.4. The van der Waals surface area contributed by atoms with E-state index in [2.05, 4.69) is 47.7 Å². The van der Waals surface area contributed by atoms with Gasteiger partial charge in [-0.2, -0.15) is 0 Å². The highest BCUT2D eigenvalue weighted by molar-refractivity contribution is 7.89. The highest BCUT2D eigenvalue weighted by Crippen LogP contribution is 2.27. The lowest BCUT2D eigenvalue weighted by molar-refractivity contribution is -0.159. The third-order valence-electron chi connectivity index (χ3n) is 11.6. The van der Waals surface area contributed by atoms with Gasteiger partial charge in [0.2, 0.25) is 5.91 Å². The van der Waals surface area contributed by atoms with Crippen LogP contribution in [0.5, 0.6) is 5.75 Å². The summed E-state index contributed by atoms with van der Waals surface area (Å²) < 4.78 is 45.4. The summed E-state index contributed by atoms with van der Waals surface area (Å²) in [7, 11) is -2.97. The zero-order chi connectivity index (χ0) is 48.4. The van der Waals surface area contributed by atoms with Gasteiger partial charge in [0, 0.05) is 58.8 Å². The summed E-state index contributed by atoms with van der Waals surface area (Å²) in [6.07, 6.45) is 3.44. The Morgan fingerprint density at radius 2 is 1.43 bits per heavy atom. The van der Waals surface area contributed by atoms with Crippen LogP contribution in [0, 0.1) is 6.92 Å². The van der Waals surface area contributed by atoms with E-state index in [0.29, 0.717) is 56.0 Å². The minimum atomic E-state index is -4.54. The summed E-state index contributed by atoms with van der Waals surface area (Å²) in [5.41, 5.74) is 3.87. The van der Waals surface area contributed by atoms with Crippen molar-refractivity contribution in [3.05, 3.63) is 91.3 Å². The molecule has 17 nitrogen and oxygen atoms in total. The van der Waals surface area contributed by atoms with Crippen LogP contribution in [0.3, 0.4) is 0 Å². The van der Waals surface area contributed by atoms with E-state index in [1.165, 1.54) is 17.6 Å². The number of nitrogens with one attached hydrogen (secondary N) is 2. The molecule has 1 saturated heterocycles. The standard InChI is InChI=1S/C49H74N7O10S/c1-6-26-52(27-7-2)29-32-54(28-8-3)40(4)14-23-47(57)55-33-30-53(31-34-55)35-36-64-37-38-66-56(46(48(58)51-60)24-25-50-49(59)65-39-41-12-10-9-11-13-41)67(61,62)45-21-17-43(18-22-45)42-15-19-44(63-5)20-16-42/h9-13,15-22,40,46,60H,4,6-8,14,23-39H2,1-3,5H3,(H,50,59)(H,51,58)/q-1. The maximum atomic E-state index is 14.2. The number of amides is 3. The molecule has 0 spiro atoms. The minimum Gasteiger partial charge on any atom is -0.497 e. The Morgan fingerprint density at radius 3 is 2.04 bits per heavy atom. The van der Waals surface area contributed by atoms with E-state index < -0.39 is 28.1 Å². The summed E-state index contributed by atoms with van der Waals surface area (Å²) in [6, 6.07) is 20.9. The van der Waals surface area contributed by atoms with Crippen molar-refractivity contribution in [2.75, 3.05) is 98.9 Å². The molecule has 67 heavy (non-hydrogen) atoms. The molecule has 0 radical (unpaired) electrons. The first kappa shape index (κ1) is 54.9. The van der Waals surface area contributed by atoms with Gasteiger partial charge in [-0.05, 0) is 86.3 Å². The molecule has 4 rings (SSSR count). The Labute approximate surface area is 398 Å². The predicted octanol–water partition coefficient (Wildman–Crippen LogP) is 5.45. The van der Waals surface area contributed by atoms with Crippen molar-refractivity contribution in [2.45, 2.75) is 82.9 Å². The maximum Gasteiger partial charge on any atom is 0.407 e. The van der Waals surface area contributed by atoms with E-state index in [4.69, 9.17) is 19.0 Å². The number of hydroxylamine groups is 2. The van der Waals surface area contributed by atoms with Gasteiger partial charge in [0.1, 0.15) is 18.4 Å². The molecule has 0 aromatic heterocycles. The van der Waals surface area contributed by atoms with E-state index in [0.717, 1.165) is 75.1 Å². The molecular formula is C49H74N7O10S-. The van der Waals surface area contributed by atoms with E-state index in [9.17, 15) is 28.0 Å². The summed E-state index contributed by atoms with van der Waals surface area (Å²) in [6.45, 7) is 19.3. The Morgan fingerprint density at radius 1 is 0.791 bits per heavy atom. The van der Waals surface area contributed by atoms with Crippen LogP contribution in [0.1, 0.15) is 64.9 Å². The predicted molar refractivity (Wildman–Crippen MR) is 257 cm³/mol. The van der Waals surface area contributed by atoms with Gasteiger partial charge in [-0.15, -0.1) is 6.04 Å². The number of hydrogen-bond acceptors (Lipinski definition) is 13. The Bertz CT molecular complexity index is 1980. The fourth-order valence-electron chi connectivity index (χ4n) is 7.86. The monoisotopic (exact) mass is 953 g/mol. The second kappa shape index (κ2) is 30.0. The lowest BCUT2D eigenvalue weighted by Crippen LogP contribution is -2.50. The van der Waals surface area contributed by atoms with Crippen molar-refractivity contribution in [3.8, 4) is 16.9 Å². The zero-order valence-corrected chi connectivity index (χ0v) is 40.8. The number of benzene rings is 3. The van der Waals surface area contributed by atoms with Crippen LogP contribution in [0.25, 0.3) is 11.1 Å². The van der Waals surface area contributed by atoms with Crippen molar-refractivity contribution in [1.82, 2.24) is 34.9 Å². The van der Waals surface area contributed by atoms with E-state index in [1.807, 2.05) is 35.2 Å². The summed E-state index contributed by atoms with van der Waals surface area (Å²) in [5.74, 6) is -0.247. The van der Waals surface area contributed by atoms with E-state index >= 15 is 0 Å². The van der Waals surface area contributed by atoms with Gasteiger partial charge in [-0.25, -0.2) is 18.7 Å². The number of alkyl carbamates (subject to hydrolysis) is 1. The van der Waals surface area contributed by atoms with Crippen LogP contribution in [0.2, 0.25) is 0 Å². The second-order valence-corrected chi connectivity index (χ2v) is 18.3. The number of ether oxygens (including phenoxy) is 3. The molecule has 18 heteroatoms. The van der Waals surface area contributed by atoms with Gasteiger partial charge in [-0.3, -0.25) is 24.5 Å². The molecule has 1 fully saturated rings. The topological polar surface area (TPSA) is 183 Å². The molecular weight excluding hydrogens is 879 g/mol. The van der Waals surface area contributed by atoms with Crippen molar-refractivity contribution in [3.63, 3.8) is 0 Å². The van der Waals surface area contributed by atoms with Crippen LogP contribution in [0.4, 0.5) is 4.79 Å². The Kier molecular flexibility index (Phi) is 24.6. The molecule has 0 aliphatic carbocycles. The molecule has 0 saturated carbocycles. The van der Waals surface area contributed by atoms with Crippen LogP contribution in [-0.4, -0.2) is 167 Å². The molecule has 2 unspecified atom stereocenters. The molecule has 1 aliphatic heterocycles. The molecule has 1 heterocycles. The van der Waals surface area contributed by atoms with E-state index in [1.54, 1.807) is 43.5 Å². The Hall–Kier alpha value is -4.66. The average molecular weight is 953 g/mol. The zero-order valence-electron chi connectivity index (χ0n) is 40.0. The lowest BCUT2D eigenvalue weighted by atomic mass is 10.1. The Balaban J connectivity index is 1.29. The van der Waals surface area contributed by atoms with Gasteiger partial charge in [0.05, 0.1) is 31.8 Å². The molecule has 3 aromatic carbocycles. The average Bonchev–Trinajstić information content (AvgIpc) is 3.35. The van der Waals surface area contributed by atoms with Gasteiger partial charge in [0.15, 0.2) is 0 Å². The SMILES string of the molecule is [CH2-]C(CCC(=O)N1CCN(CCOCCON(C(CCNC(=O)OCc2ccccc2)C(=O)NO)S(=O)(=O)c2ccc(-c3ccc(OC)cc3)cc2)CC1)N(CCC)CCN(CCC)CCC. The van der Waals surface area contributed by atoms with Gasteiger partial charge >= 0.3 is 6.09 Å². The van der Waals surface area contributed by atoms with Gasteiger partial charge in [-0.1, -0.05) is 86.3 Å². The summed E-state index contributed by atoms with van der Waals surface area (Å²) in [4.78, 5) is 53.6. The first-order valence-electron chi connectivity index (χ1n) is 23.6. The van der Waals surface area contributed by atoms with Crippen LogP contribution < -0.4 is 15.5 Å². The van der Waals surface area contributed by atoms with Crippen molar-refractivity contribution >= 4 is 27.9 Å². The van der Waals surface area contributed by atoms with Gasteiger partial charge < -0.3 is 41.2 Å². The highest BCUT2D eigenvalue weighted by Gasteiger charge is 2.37. The number of methoxy groups -OCH3 is 1. The third kappa shape index (κ3) is 18.4. The van der Waals surface area contributed by atoms with Crippen LogP contribution in [-0.2, 0) is 40.5 Å². The van der Waals surface area contributed by atoms with Crippen LogP contribution >= 0.6 is 0 Å². The smallest absolute Gasteiger partial charge is 0.407 e. The number of carbonyl (C=O) groups is 3. The molecule has 1 aliphatic rings. The van der Waals surface area contributed by atoms with Crippen molar-refractivity contribution in [1.29, 1.82) is 0 Å². The minimum absolute atomic E-state index is 0.00703. The molecule has 3 amide bonds. The lowest BCUT2D eigenvalue weighted by Gasteiger charge is -2.37. The summed E-state index contributed by atoms with van der Waals surface area (Å²) >= 11 is 0. The number of piperazine rings is 1. The van der Waals surface area contributed by atoms with Crippen molar-refractivity contribution in [2.24, 2.45) is 0 Å². The molecule has 2 atom stereocenters. The quantitative estimate of drug-likeness (QED) is 0.0321. The number of carbonyl (C=O) groups excluding carboxylic acids is 3.